The summed E-state index contributed by atoms with van der Waals surface area (Å²) in [6, 6.07) is 9.61. The molecule has 0 spiro atoms. The molecule has 0 radical (unpaired) electrons. The van der Waals surface area contributed by atoms with E-state index in [1.807, 2.05) is 30.3 Å². The second-order valence-electron chi connectivity index (χ2n) is 3.27. The quantitative estimate of drug-likeness (QED) is 0.719. The fourth-order valence-electron chi connectivity index (χ4n) is 1.43. The van der Waals surface area contributed by atoms with Crippen LogP contribution in [0.2, 0.25) is 0 Å². The van der Waals surface area contributed by atoms with Crippen molar-refractivity contribution in [3.8, 4) is 0 Å². The molecule has 1 heteroatoms. The van der Waals surface area contributed by atoms with Gasteiger partial charge >= 0.3 is 0 Å². The van der Waals surface area contributed by atoms with Crippen molar-refractivity contribution < 1.29 is 5.11 Å². The SMILES string of the molecule is C=C=C(CCC)C(O)c1ccccc1. The molecular weight excluding hydrogens is 172 g/mol. The molecule has 0 fully saturated rings. The van der Waals surface area contributed by atoms with E-state index in [2.05, 4.69) is 19.2 Å². The zero-order valence-corrected chi connectivity index (χ0v) is 8.53. The van der Waals surface area contributed by atoms with Crippen molar-refractivity contribution in [3.63, 3.8) is 0 Å². The highest BCUT2D eigenvalue weighted by molar-refractivity contribution is 5.25. The summed E-state index contributed by atoms with van der Waals surface area (Å²) in [6.07, 6.45) is 1.30. The summed E-state index contributed by atoms with van der Waals surface area (Å²) in [6.45, 7) is 5.68. The van der Waals surface area contributed by atoms with Gasteiger partial charge in [0.25, 0.3) is 0 Å². The minimum Gasteiger partial charge on any atom is -0.383 e. The standard InChI is InChI=1S/C13H16O/c1-3-8-11(4-2)13(14)12-9-6-5-7-10-12/h5-7,9-10,13-14H,2-3,8H2,1H3. The largest absolute Gasteiger partial charge is 0.383 e. The van der Waals surface area contributed by atoms with Gasteiger partial charge in [-0.3, -0.25) is 0 Å². The van der Waals surface area contributed by atoms with Gasteiger partial charge in [0.15, 0.2) is 0 Å². The Morgan fingerprint density at radius 3 is 2.57 bits per heavy atom. The zero-order chi connectivity index (χ0) is 10.4. The third-order valence-electron chi connectivity index (χ3n) is 2.19. The highest BCUT2D eigenvalue weighted by atomic mass is 16.3. The molecular formula is C13H16O. The van der Waals surface area contributed by atoms with E-state index in [1.165, 1.54) is 0 Å². The van der Waals surface area contributed by atoms with Gasteiger partial charge in [0.05, 0.1) is 0 Å². The molecule has 0 saturated carbocycles. The predicted octanol–water partition coefficient (Wildman–Crippen LogP) is 3.23. The maximum atomic E-state index is 9.97. The Bertz CT molecular complexity index is 320. The van der Waals surface area contributed by atoms with E-state index >= 15 is 0 Å². The van der Waals surface area contributed by atoms with Gasteiger partial charge in [0, 0.05) is 5.57 Å². The van der Waals surface area contributed by atoms with E-state index in [0.29, 0.717) is 0 Å². The van der Waals surface area contributed by atoms with Crippen molar-refractivity contribution in [1.29, 1.82) is 0 Å². The zero-order valence-electron chi connectivity index (χ0n) is 8.53. The molecule has 0 bridgehead atoms. The van der Waals surface area contributed by atoms with Crippen LogP contribution in [0.25, 0.3) is 0 Å². The molecule has 14 heavy (non-hydrogen) atoms. The van der Waals surface area contributed by atoms with Gasteiger partial charge in [0.2, 0.25) is 0 Å². The van der Waals surface area contributed by atoms with Gasteiger partial charge in [-0.2, -0.15) is 0 Å². The Hall–Kier alpha value is -1.30. The molecule has 0 aliphatic carbocycles. The lowest BCUT2D eigenvalue weighted by atomic mass is 9.99. The fourth-order valence-corrected chi connectivity index (χ4v) is 1.43. The Balaban J connectivity index is 2.84. The van der Waals surface area contributed by atoms with Crippen LogP contribution in [0.5, 0.6) is 0 Å². The Labute approximate surface area is 85.4 Å². The average Bonchev–Trinajstić information content (AvgIpc) is 2.26. The molecule has 1 atom stereocenters. The molecule has 1 aromatic rings. The number of hydrogen-bond donors (Lipinski definition) is 1. The summed E-state index contributed by atoms with van der Waals surface area (Å²) in [4.78, 5) is 0. The van der Waals surface area contributed by atoms with Crippen LogP contribution < -0.4 is 0 Å². The van der Waals surface area contributed by atoms with Gasteiger partial charge in [-0.25, -0.2) is 0 Å². The van der Waals surface area contributed by atoms with Crippen LogP contribution in [-0.4, -0.2) is 5.11 Å². The summed E-state index contributed by atoms with van der Waals surface area (Å²) in [7, 11) is 0. The number of aliphatic hydroxyl groups excluding tert-OH is 1. The van der Waals surface area contributed by atoms with E-state index in [9.17, 15) is 5.11 Å². The molecule has 1 unspecified atom stereocenters. The second kappa shape index (κ2) is 5.43. The highest BCUT2D eigenvalue weighted by Gasteiger charge is 2.10. The van der Waals surface area contributed by atoms with Gasteiger partial charge in [-0.05, 0) is 12.0 Å². The summed E-state index contributed by atoms with van der Waals surface area (Å²) in [5.41, 5.74) is 4.60. The summed E-state index contributed by atoms with van der Waals surface area (Å²) >= 11 is 0. The van der Waals surface area contributed by atoms with Gasteiger partial charge < -0.3 is 5.11 Å². The van der Waals surface area contributed by atoms with E-state index in [0.717, 1.165) is 24.0 Å². The fraction of sp³-hybridized carbons (Fsp3) is 0.308. The highest BCUT2D eigenvalue weighted by Crippen LogP contribution is 2.23. The first-order valence-corrected chi connectivity index (χ1v) is 4.91. The molecule has 1 nitrogen and oxygen atoms in total. The Kier molecular flexibility index (Phi) is 4.18. The van der Waals surface area contributed by atoms with Crippen LogP contribution in [0, 0.1) is 0 Å². The molecule has 0 aliphatic rings. The van der Waals surface area contributed by atoms with Crippen molar-refractivity contribution in [1.82, 2.24) is 0 Å². The van der Waals surface area contributed by atoms with Crippen LogP contribution in [0.15, 0.2) is 48.2 Å². The Morgan fingerprint density at radius 1 is 1.43 bits per heavy atom. The molecule has 74 valence electrons. The molecule has 1 N–H and O–H groups in total. The van der Waals surface area contributed by atoms with Crippen LogP contribution in [-0.2, 0) is 0 Å². The van der Waals surface area contributed by atoms with E-state index in [4.69, 9.17) is 0 Å². The van der Waals surface area contributed by atoms with Gasteiger partial charge in [0.1, 0.15) is 6.10 Å². The van der Waals surface area contributed by atoms with Crippen molar-refractivity contribution in [3.05, 3.63) is 53.8 Å². The van der Waals surface area contributed by atoms with Crippen LogP contribution in [0.1, 0.15) is 31.4 Å². The van der Waals surface area contributed by atoms with Gasteiger partial charge in [-0.1, -0.05) is 50.3 Å². The number of aliphatic hydroxyl groups is 1. The van der Waals surface area contributed by atoms with Gasteiger partial charge in [-0.15, -0.1) is 5.73 Å². The average molecular weight is 188 g/mol. The predicted molar refractivity (Wildman–Crippen MR) is 59.0 cm³/mol. The number of benzene rings is 1. The van der Waals surface area contributed by atoms with E-state index in [-0.39, 0.29) is 0 Å². The van der Waals surface area contributed by atoms with E-state index < -0.39 is 6.10 Å². The number of hydrogen-bond acceptors (Lipinski definition) is 1. The lowest BCUT2D eigenvalue weighted by Crippen LogP contribution is -2.00. The third kappa shape index (κ3) is 2.59. The van der Waals surface area contributed by atoms with Crippen molar-refractivity contribution >= 4 is 0 Å². The van der Waals surface area contributed by atoms with Crippen LogP contribution in [0.4, 0.5) is 0 Å². The van der Waals surface area contributed by atoms with Crippen LogP contribution >= 0.6 is 0 Å². The molecule has 1 rings (SSSR count). The first-order valence-electron chi connectivity index (χ1n) is 4.91. The lowest BCUT2D eigenvalue weighted by Gasteiger charge is -2.12. The lowest BCUT2D eigenvalue weighted by molar-refractivity contribution is 0.211. The van der Waals surface area contributed by atoms with Crippen LogP contribution in [0.3, 0.4) is 0 Å². The minimum atomic E-state index is -0.548. The van der Waals surface area contributed by atoms with Crippen molar-refractivity contribution in [2.75, 3.05) is 0 Å². The smallest absolute Gasteiger partial charge is 0.107 e. The molecule has 0 aromatic heterocycles. The first-order chi connectivity index (χ1) is 6.79. The first kappa shape index (κ1) is 10.8. The molecule has 0 aliphatic heterocycles. The van der Waals surface area contributed by atoms with Crippen molar-refractivity contribution in [2.24, 2.45) is 0 Å². The summed E-state index contributed by atoms with van der Waals surface area (Å²) in [5, 5.41) is 9.97. The maximum absolute atomic E-state index is 9.97. The normalized spacial score (nSPS) is 11.9. The maximum Gasteiger partial charge on any atom is 0.107 e. The molecule has 0 amide bonds. The number of rotatable bonds is 4. The third-order valence-corrected chi connectivity index (χ3v) is 2.19. The molecule has 1 aromatic carbocycles. The minimum absolute atomic E-state index is 0.548. The topological polar surface area (TPSA) is 20.2 Å². The molecule has 0 saturated heterocycles. The second-order valence-corrected chi connectivity index (χ2v) is 3.27. The monoisotopic (exact) mass is 188 g/mol. The van der Waals surface area contributed by atoms with Crippen molar-refractivity contribution in [2.45, 2.75) is 25.9 Å². The Morgan fingerprint density at radius 2 is 2.07 bits per heavy atom. The van der Waals surface area contributed by atoms with E-state index in [1.54, 1.807) is 0 Å². The molecule has 0 heterocycles. The summed E-state index contributed by atoms with van der Waals surface area (Å²) < 4.78 is 0. The summed E-state index contributed by atoms with van der Waals surface area (Å²) in [5.74, 6) is 0.